The Morgan fingerprint density at radius 2 is 1.63 bits per heavy atom. The fourth-order valence-electron chi connectivity index (χ4n) is 4.47. The van der Waals surface area contributed by atoms with Crippen molar-refractivity contribution in [1.82, 2.24) is 25.6 Å². The molecule has 9 heteroatoms. The van der Waals surface area contributed by atoms with Crippen LogP contribution in [0.2, 0.25) is 5.02 Å². The average Bonchev–Trinajstić information content (AvgIpc) is 3.25. The van der Waals surface area contributed by atoms with E-state index < -0.39 is 11.8 Å². The lowest BCUT2D eigenvalue weighted by atomic mass is 9.92. The third kappa shape index (κ3) is 5.66. The Hall–Kier alpha value is -4.27. The molecule has 0 saturated heterocycles. The molecule has 0 spiro atoms. The predicted molar refractivity (Wildman–Crippen MR) is 144 cm³/mol. The zero-order chi connectivity index (χ0) is 26.5. The molecule has 0 saturated carbocycles. The van der Waals surface area contributed by atoms with Gasteiger partial charge in [-0.2, -0.15) is 0 Å². The third-order valence-electron chi connectivity index (χ3n) is 6.23. The number of allylic oxidation sites excluding steroid dienone is 1. The van der Waals surface area contributed by atoms with E-state index in [4.69, 9.17) is 16.3 Å². The van der Waals surface area contributed by atoms with Crippen LogP contribution in [0.3, 0.4) is 0 Å². The minimum Gasteiger partial charge on any atom is -0.367 e. The Kier molecular flexibility index (Phi) is 7.62. The van der Waals surface area contributed by atoms with Crippen molar-refractivity contribution >= 4 is 29.0 Å². The highest BCUT2D eigenvalue weighted by molar-refractivity contribution is 6.30. The Morgan fingerprint density at radius 1 is 0.921 bits per heavy atom. The highest BCUT2D eigenvalue weighted by atomic mass is 35.5. The summed E-state index contributed by atoms with van der Waals surface area (Å²) in [5.41, 5.74) is 9.73. The van der Waals surface area contributed by atoms with E-state index in [1.54, 1.807) is 0 Å². The van der Waals surface area contributed by atoms with E-state index in [1.807, 2.05) is 96.4 Å². The SMILES string of the molecule is Cc1nnc2n1-c1ccccc1C(c1ccc(Cl)cc1)=C[C@@H]2CC(=O)NNC(=O)COCc1ccccc1. The Labute approximate surface area is 225 Å². The fraction of sp³-hybridized carbons (Fsp3) is 0.172. The molecule has 0 bridgehead atoms. The largest absolute Gasteiger partial charge is 0.367 e. The number of nitrogens with one attached hydrogen (secondary N) is 2. The van der Waals surface area contributed by atoms with Crippen molar-refractivity contribution in [3.63, 3.8) is 0 Å². The first kappa shape index (κ1) is 25.4. The van der Waals surface area contributed by atoms with Gasteiger partial charge in [-0.15, -0.1) is 10.2 Å². The molecule has 0 radical (unpaired) electrons. The van der Waals surface area contributed by atoms with Crippen LogP contribution in [0.25, 0.3) is 11.3 Å². The molecule has 5 rings (SSSR count). The lowest BCUT2D eigenvalue weighted by Crippen LogP contribution is -2.43. The summed E-state index contributed by atoms with van der Waals surface area (Å²) in [5, 5.41) is 9.35. The first-order valence-electron chi connectivity index (χ1n) is 12.2. The van der Waals surface area contributed by atoms with Gasteiger partial charge in [-0.1, -0.05) is 78.3 Å². The molecule has 192 valence electrons. The molecule has 0 unspecified atom stereocenters. The number of amides is 2. The second-order valence-electron chi connectivity index (χ2n) is 8.93. The number of halogens is 1. The van der Waals surface area contributed by atoms with E-state index in [1.165, 1.54) is 0 Å². The molecule has 3 aromatic carbocycles. The van der Waals surface area contributed by atoms with Gasteiger partial charge in [0.25, 0.3) is 5.91 Å². The number of ether oxygens (including phenoxy) is 1. The number of fused-ring (bicyclic) bond motifs is 3. The lowest BCUT2D eigenvalue weighted by molar-refractivity contribution is -0.132. The summed E-state index contributed by atoms with van der Waals surface area (Å²) in [6.07, 6.45) is 2.08. The van der Waals surface area contributed by atoms with Crippen molar-refractivity contribution < 1.29 is 14.3 Å². The van der Waals surface area contributed by atoms with Gasteiger partial charge >= 0.3 is 0 Å². The number of para-hydroxylation sites is 1. The molecule has 0 aliphatic carbocycles. The lowest BCUT2D eigenvalue weighted by Gasteiger charge is -2.14. The van der Waals surface area contributed by atoms with Crippen molar-refractivity contribution in [2.45, 2.75) is 25.9 Å². The van der Waals surface area contributed by atoms with Gasteiger partial charge in [-0.3, -0.25) is 25.0 Å². The highest BCUT2D eigenvalue weighted by Crippen LogP contribution is 2.38. The van der Waals surface area contributed by atoms with Crippen LogP contribution in [-0.2, 0) is 20.9 Å². The van der Waals surface area contributed by atoms with Crippen LogP contribution in [0.15, 0.2) is 84.9 Å². The summed E-state index contributed by atoms with van der Waals surface area (Å²) in [4.78, 5) is 25.1. The Morgan fingerprint density at radius 3 is 2.42 bits per heavy atom. The van der Waals surface area contributed by atoms with Gasteiger partial charge in [0.1, 0.15) is 18.3 Å². The van der Waals surface area contributed by atoms with Gasteiger partial charge in [0.05, 0.1) is 12.3 Å². The molecule has 2 amide bonds. The van der Waals surface area contributed by atoms with Gasteiger partial charge in [0, 0.05) is 22.9 Å². The maximum atomic E-state index is 12.9. The van der Waals surface area contributed by atoms with Crippen LogP contribution in [0, 0.1) is 6.92 Å². The molecule has 1 aromatic heterocycles. The first-order valence-corrected chi connectivity index (χ1v) is 12.6. The Bertz CT molecular complexity index is 1480. The van der Waals surface area contributed by atoms with Crippen molar-refractivity contribution in [2.75, 3.05) is 6.61 Å². The third-order valence-corrected chi connectivity index (χ3v) is 6.48. The molecular weight excluding hydrogens is 502 g/mol. The second-order valence-corrected chi connectivity index (χ2v) is 9.37. The zero-order valence-electron chi connectivity index (χ0n) is 20.7. The number of hydrazine groups is 1. The van der Waals surface area contributed by atoms with Gasteiger partial charge in [-0.05, 0) is 41.8 Å². The summed E-state index contributed by atoms with van der Waals surface area (Å²) < 4.78 is 7.41. The van der Waals surface area contributed by atoms with Crippen LogP contribution >= 0.6 is 11.6 Å². The van der Waals surface area contributed by atoms with E-state index in [9.17, 15) is 9.59 Å². The molecule has 38 heavy (non-hydrogen) atoms. The second kappa shape index (κ2) is 11.4. The van der Waals surface area contributed by atoms with Crippen LogP contribution in [0.5, 0.6) is 0 Å². The number of rotatable bonds is 7. The zero-order valence-corrected chi connectivity index (χ0v) is 21.5. The van der Waals surface area contributed by atoms with Crippen molar-refractivity contribution in [3.8, 4) is 5.69 Å². The summed E-state index contributed by atoms with van der Waals surface area (Å²) in [7, 11) is 0. The fourth-order valence-corrected chi connectivity index (χ4v) is 4.60. The quantitative estimate of drug-likeness (QED) is 0.345. The van der Waals surface area contributed by atoms with E-state index in [-0.39, 0.29) is 18.9 Å². The number of aryl methyl sites for hydroxylation is 1. The molecule has 2 heterocycles. The number of nitrogens with zero attached hydrogens (tertiary/aromatic N) is 3. The van der Waals surface area contributed by atoms with Crippen molar-refractivity contribution in [2.24, 2.45) is 0 Å². The highest BCUT2D eigenvalue weighted by Gasteiger charge is 2.28. The van der Waals surface area contributed by atoms with Gasteiger partial charge < -0.3 is 4.74 Å². The number of hydrogen-bond acceptors (Lipinski definition) is 5. The van der Waals surface area contributed by atoms with Gasteiger partial charge in [-0.25, -0.2) is 0 Å². The number of carbonyl (C=O) groups is 2. The molecule has 0 fully saturated rings. The Balaban J connectivity index is 1.32. The number of hydrogen-bond donors (Lipinski definition) is 2. The van der Waals surface area contributed by atoms with E-state index in [2.05, 4.69) is 21.0 Å². The van der Waals surface area contributed by atoms with Crippen LogP contribution in [0.4, 0.5) is 0 Å². The molecular formula is C29H26ClN5O3. The topological polar surface area (TPSA) is 98.1 Å². The van der Waals surface area contributed by atoms with Gasteiger partial charge in [0.2, 0.25) is 5.91 Å². The molecule has 2 N–H and O–H groups in total. The standard InChI is InChI=1S/C29H26ClN5O3/c1-19-31-34-29-22(16-27(36)32-33-28(37)18-38-17-20-7-3-2-4-8-20)15-25(21-11-13-23(30)14-12-21)24-9-5-6-10-26(24)35(19)29/h2-15,22H,16-18H2,1H3,(H,32,36)(H,33,37)/t22-/m1/s1. The van der Waals surface area contributed by atoms with Crippen LogP contribution in [-0.4, -0.2) is 33.2 Å². The van der Waals surface area contributed by atoms with Crippen LogP contribution in [0.1, 0.15) is 40.7 Å². The first-order chi connectivity index (χ1) is 18.5. The van der Waals surface area contributed by atoms with Crippen LogP contribution < -0.4 is 10.9 Å². The van der Waals surface area contributed by atoms with Crippen molar-refractivity contribution in [1.29, 1.82) is 0 Å². The minimum atomic E-state index is -0.445. The van der Waals surface area contributed by atoms with Crippen molar-refractivity contribution in [3.05, 3.63) is 118 Å². The van der Waals surface area contributed by atoms with E-state index in [0.29, 0.717) is 23.3 Å². The summed E-state index contributed by atoms with van der Waals surface area (Å²) in [6.45, 7) is 2.01. The number of carbonyl (C=O) groups excluding carboxylic acids is 2. The summed E-state index contributed by atoms with van der Waals surface area (Å²) in [6, 6.07) is 25.1. The maximum absolute atomic E-state index is 12.9. The van der Waals surface area contributed by atoms with Gasteiger partial charge in [0.15, 0.2) is 0 Å². The van der Waals surface area contributed by atoms with E-state index >= 15 is 0 Å². The minimum absolute atomic E-state index is 0.0500. The number of aromatic nitrogens is 3. The summed E-state index contributed by atoms with van der Waals surface area (Å²) >= 11 is 6.14. The smallest absolute Gasteiger partial charge is 0.264 e. The predicted octanol–water partition coefficient (Wildman–Crippen LogP) is 4.51. The molecule has 1 aliphatic rings. The maximum Gasteiger partial charge on any atom is 0.264 e. The monoisotopic (exact) mass is 527 g/mol. The van der Waals surface area contributed by atoms with E-state index in [0.717, 1.165) is 28.0 Å². The summed E-state index contributed by atoms with van der Waals surface area (Å²) in [5.74, 6) is 0.148. The average molecular weight is 528 g/mol. The molecule has 8 nitrogen and oxygen atoms in total. The number of benzene rings is 3. The molecule has 4 aromatic rings. The molecule has 1 atom stereocenters. The molecule has 1 aliphatic heterocycles. The normalized spacial score (nSPS) is 14.1.